The molecule has 0 aliphatic heterocycles. The maximum atomic E-state index is 3.70. The fourth-order valence-corrected chi connectivity index (χ4v) is 2.68. The van der Waals surface area contributed by atoms with Crippen LogP contribution in [0.1, 0.15) is 52.4 Å². The molecule has 0 aromatic heterocycles. The fourth-order valence-electron chi connectivity index (χ4n) is 2.68. The third kappa shape index (κ3) is 2.25. The molecule has 1 unspecified atom stereocenters. The summed E-state index contributed by atoms with van der Waals surface area (Å²) in [7, 11) is 0. The highest BCUT2D eigenvalue weighted by atomic mass is 14.9. The lowest BCUT2D eigenvalue weighted by atomic mass is 9.77. The fraction of sp³-hybridized carbons (Fsp3) is 1.00. The van der Waals surface area contributed by atoms with Crippen molar-refractivity contribution in [2.75, 3.05) is 6.54 Å². The Morgan fingerprint density at radius 3 is 2.62 bits per heavy atom. The normalized spacial score (nSPS) is 27.2. The Labute approximate surface area is 82.3 Å². The monoisotopic (exact) mass is 181 g/mol. The minimum atomic E-state index is 0.867. The summed E-state index contributed by atoms with van der Waals surface area (Å²) in [5, 5.41) is 3.70. The predicted octanol–water partition coefficient (Wildman–Crippen LogP) is 2.95. The summed E-state index contributed by atoms with van der Waals surface area (Å²) in [4.78, 5) is 0. The molecule has 2 aliphatic carbocycles. The second kappa shape index (κ2) is 3.61. The van der Waals surface area contributed by atoms with Crippen molar-refractivity contribution in [3.63, 3.8) is 0 Å². The highest BCUT2D eigenvalue weighted by molar-refractivity contribution is 5.06. The Morgan fingerprint density at radius 2 is 2.08 bits per heavy atom. The molecule has 0 aromatic rings. The van der Waals surface area contributed by atoms with Gasteiger partial charge in [-0.15, -0.1) is 0 Å². The first-order valence-corrected chi connectivity index (χ1v) is 5.97. The summed E-state index contributed by atoms with van der Waals surface area (Å²) in [5.74, 6) is 0.876. The van der Waals surface area contributed by atoms with Gasteiger partial charge >= 0.3 is 0 Å². The molecule has 2 aliphatic rings. The van der Waals surface area contributed by atoms with E-state index < -0.39 is 0 Å². The molecule has 2 rings (SSSR count). The van der Waals surface area contributed by atoms with Gasteiger partial charge in [-0.3, -0.25) is 0 Å². The topological polar surface area (TPSA) is 12.0 Å². The molecule has 0 bridgehead atoms. The lowest BCUT2D eigenvalue weighted by Crippen LogP contribution is -2.43. The Hall–Kier alpha value is -0.0400. The van der Waals surface area contributed by atoms with Crippen molar-refractivity contribution in [1.29, 1.82) is 0 Å². The molecule has 0 amide bonds. The van der Waals surface area contributed by atoms with Crippen molar-refractivity contribution in [2.45, 2.75) is 58.4 Å². The van der Waals surface area contributed by atoms with Crippen molar-refractivity contribution >= 4 is 0 Å². The molecule has 0 saturated heterocycles. The van der Waals surface area contributed by atoms with E-state index in [2.05, 4.69) is 19.2 Å². The van der Waals surface area contributed by atoms with E-state index in [0.717, 1.165) is 17.4 Å². The number of nitrogens with one attached hydrogen (secondary N) is 1. The molecule has 2 fully saturated rings. The minimum absolute atomic E-state index is 0.867. The third-order valence-electron chi connectivity index (χ3n) is 3.85. The van der Waals surface area contributed by atoms with Gasteiger partial charge in [-0.1, -0.05) is 20.3 Å². The smallest absolute Gasteiger partial charge is 0.00777 e. The highest BCUT2D eigenvalue weighted by Gasteiger charge is 2.52. The van der Waals surface area contributed by atoms with E-state index in [0.29, 0.717) is 0 Å². The average Bonchev–Trinajstić information content (AvgIpc) is 2.78. The molecule has 1 nitrogen and oxygen atoms in total. The van der Waals surface area contributed by atoms with Gasteiger partial charge in [0.2, 0.25) is 0 Å². The van der Waals surface area contributed by atoms with Gasteiger partial charge in [-0.25, -0.2) is 0 Å². The van der Waals surface area contributed by atoms with E-state index in [4.69, 9.17) is 0 Å². The van der Waals surface area contributed by atoms with Crippen LogP contribution in [0.25, 0.3) is 0 Å². The molecule has 1 spiro atoms. The lowest BCUT2D eigenvalue weighted by molar-refractivity contribution is 0.192. The highest BCUT2D eigenvalue weighted by Crippen LogP contribution is 2.60. The van der Waals surface area contributed by atoms with Gasteiger partial charge in [-0.05, 0) is 50.0 Å². The van der Waals surface area contributed by atoms with Crippen molar-refractivity contribution in [1.82, 2.24) is 5.32 Å². The summed E-state index contributed by atoms with van der Waals surface area (Å²) < 4.78 is 0. The molecule has 13 heavy (non-hydrogen) atoms. The second-order valence-corrected chi connectivity index (χ2v) is 5.41. The molecule has 0 radical (unpaired) electrons. The Balaban J connectivity index is 1.53. The van der Waals surface area contributed by atoms with Crippen LogP contribution in [0.3, 0.4) is 0 Å². The lowest BCUT2D eigenvalue weighted by Gasteiger charge is -2.37. The van der Waals surface area contributed by atoms with E-state index in [9.17, 15) is 0 Å². The zero-order chi connectivity index (χ0) is 9.31. The molecule has 0 heterocycles. The molecular weight excluding hydrogens is 158 g/mol. The van der Waals surface area contributed by atoms with Crippen LogP contribution < -0.4 is 5.32 Å². The predicted molar refractivity (Wildman–Crippen MR) is 56.8 cm³/mol. The standard InChI is InChI=1S/C12H23N/c1-3-4-10(2)9-13-11-7-12(8-11)5-6-12/h10-11,13H,3-9H2,1-2H3. The largest absolute Gasteiger partial charge is 0.314 e. The molecule has 2 saturated carbocycles. The van der Waals surface area contributed by atoms with E-state index in [1.165, 1.54) is 45.1 Å². The van der Waals surface area contributed by atoms with Crippen LogP contribution in [0.15, 0.2) is 0 Å². The molecule has 1 N–H and O–H groups in total. The summed E-state index contributed by atoms with van der Waals surface area (Å²) in [6.07, 6.45) is 8.71. The van der Waals surface area contributed by atoms with Crippen molar-refractivity contribution in [3.05, 3.63) is 0 Å². The molecule has 1 atom stereocenters. The third-order valence-corrected chi connectivity index (χ3v) is 3.85. The maximum Gasteiger partial charge on any atom is 0.00777 e. The van der Waals surface area contributed by atoms with Gasteiger partial charge in [0.05, 0.1) is 0 Å². The summed E-state index contributed by atoms with van der Waals surface area (Å²) >= 11 is 0. The Kier molecular flexibility index (Phi) is 2.64. The zero-order valence-corrected chi connectivity index (χ0v) is 9.10. The van der Waals surface area contributed by atoms with Crippen LogP contribution in [0.2, 0.25) is 0 Å². The SMILES string of the molecule is CCCC(C)CNC1CC2(CC2)C1. The Bertz CT molecular complexity index is 164. The van der Waals surface area contributed by atoms with E-state index >= 15 is 0 Å². The Morgan fingerprint density at radius 1 is 1.38 bits per heavy atom. The summed E-state index contributed by atoms with van der Waals surface area (Å²) in [6, 6.07) is 0.877. The first kappa shape index (κ1) is 9.51. The van der Waals surface area contributed by atoms with Crippen LogP contribution in [0.4, 0.5) is 0 Å². The van der Waals surface area contributed by atoms with Crippen LogP contribution in [-0.4, -0.2) is 12.6 Å². The number of hydrogen-bond donors (Lipinski definition) is 1. The van der Waals surface area contributed by atoms with Gasteiger partial charge in [0.25, 0.3) is 0 Å². The molecule has 76 valence electrons. The van der Waals surface area contributed by atoms with Gasteiger partial charge in [0, 0.05) is 6.04 Å². The summed E-state index contributed by atoms with van der Waals surface area (Å²) in [6.45, 7) is 5.88. The van der Waals surface area contributed by atoms with Gasteiger partial charge < -0.3 is 5.32 Å². The van der Waals surface area contributed by atoms with Crippen molar-refractivity contribution in [2.24, 2.45) is 11.3 Å². The molecular formula is C12H23N. The van der Waals surface area contributed by atoms with E-state index in [-0.39, 0.29) is 0 Å². The van der Waals surface area contributed by atoms with Crippen LogP contribution in [0, 0.1) is 11.3 Å². The quantitative estimate of drug-likeness (QED) is 0.687. The van der Waals surface area contributed by atoms with Gasteiger partial charge in [-0.2, -0.15) is 0 Å². The van der Waals surface area contributed by atoms with Crippen molar-refractivity contribution < 1.29 is 0 Å². The molecule has 1 heteroatoms. The van der Waals surface area contributed by atoms with Crippen LogP contribution >= 0.6 is 0 Å². The number of hydrogen-bond acceptors (Lipinski definition) is 1. The first-order valence-electron chi connectivity index (χ1n) is 5.97. The zero-order valence-electron chi connectivity index (χ0n) is 9.10. The van der Waals surface area contributed by atoms with Crippen LogP contribution in [-0.2, 0) is 0 Å². The van der Waals surface area contributed by atoms with Crippen molar-refractivity contribution in [3.8, 4) is 0 Å². The second-order valence-electron chi connectivity index (χ2n) is 5.41. The maximum absolute atomic E-state index is 3.70. The van der Waals surface area contributed by atoms with Gasteiger partial charge in [0.15, 0.2) is 0 Å². The van der Waals surface area contributed by atoms with Crippen LogP contribution in [0.5, 0.6) is 0 Å². The van der Waals surface area contributed by atoms with E-state index in [1.807, 2.05) is 0 Å². The molecule has 0 aromatic carbocycles. The van der Waals surface area contributed by atoms with E-state index in [1.54, 1.807) is 0 Å². The number of rotatable bonds is 5. The summed E-state index contributed by atoms with van der Waals surface area (Å²) in [5.41, 5.74) is 0.867. The first-order chi connectivity index (χ1) is 6.24. The average molecular weight is 181 g/mol. The van der Waals surface area contributed by atoms with Gasteiger partial charge in [0.1, 0.15) is 0 Å². The minimum Gasteiger partial charge on any atom is -0.314 e.